The van der Waals surface area contributed by atoms with Crippen molar-refractivity contribution in [2.75, 3.05) is 26.3 Å². The minimum atomic E-state index is 0.507. The largest absolute Gasteiger partial charge is 0.379 e. The highest BCUT2D eigenvalue weighted by Crippen LogP contribution is 2.21. The van der Waals surface area contributed by atoms with Crippen molar-refractivity contribution in [3.05, 3.63) is 34.9 Å². The van der Waals surface area contributed by atoms with Gasteiger partial charge in [-0.15, -0.1) is 0 Å². The molecule has 0 aromatic heterocycles. The molecule has 2 rings (SSSR count). The molecule has 15 heavy (non-hydrogen) atoms. The predicted molar refractivity (Wildman–Crippen MR) is 62.3 cm³/mol. The number of ether oxygens (including phenoxy) is 1. The lowest BCUT2D eigenvalue weighted by Crippen LogP contribution is -2.22. The predicted octanol–water partition coefficient (Wildman–Crippen LogP) is 2.01. The second-order valence-electron chi connectivity index (χ2n) is 4.34. The van der Waals surface area contributed by atoms with E-state index in [0.29, 0.717) is 5.92 Å². The summed E-state index contributed by atoms with van der Waals surface area (Å²) in [7, 11) is 0. The van der Waals surface area contributed by atoms with E-state index in [1.807, 2.05) is 0 Å². The molecule has 1 fully saturated rings. The van der Waals surface area contributed by atoms with Crippen molar-refractivity contribution < 1.29 is 4.74 Å². The highest BCUT2D eigenvalue weighted by atomic mass is 16.5. The summed E-state index contributed by atoms with van der Waals surface area (Å²) in [6.07, 6.45) is 0. The van der Waals surface area contributed by atoms with Gasteiger partial charge in [0.1, 0.15) is 0 Å². The molecule has 1 aromatic carbocycles. The zero-order chi connectivity index (χ0) is 10.7. The second kappa shape index (κ2) is 4.77. The van der Waals surface area contributed by atoms with Crippen LogP contribution < -0.4 is 5.32 Å². The number of rotatable bonds is 1. The van der Waals surface area contributed by atoms with Crippen LogP contribution in [0.25, 0.3) is 0 Å². The van der Waals surface area contributed by atoms with Crippen molar-refractivity contribution in [3.63, 3.8) is 0 Å². The van der Waals surface area contributed by atoms with Crippen LogP contribution in [0, 0.1) is 13.8 Å². The molecule has 1 saturated heterocycles. The molecule has 0 bridgehead atoms. The third-order valence-corrected chi connectivity index (χ3v) is 3.00. The van der Waals surface area contributed by atoms with Crippen LogP contribution >= 0.6 is 0 Å². The summed E-state index contributed by atoms with van der Waals surface area (Å²) in [5.74, 6) is 0.507. The molecule has 1 aromatic rings. The smallest absolute Gasteiger partial charge is 0.0591 e. The van der Waals surface area contributed by atoms with Crippen molar-refractivity contribution >= 4 is 0 Å². The van der Waals surface area contributed by atoms with Crippen molar-refractivity contribution in [2.24, 2.45) is 0 Å². The van der Waals surface area contributed by atoms with Gasteiger partial charge in [0.05, 0.1) is 13.2 Å². The maximum atomic E-state index is 5.58. The molecule has 82 valence electrons. The Labute approximate surface area is 91.6 Å². The van der Waals surface area contributed by atoms with Gasteiger partial charge in [-0.05, 0) is 25.0 Å². The summed E-state index contributed by atoms with van der Waals surface area (Å²) in [6.45, 7) is 8.01. The van der Waals surface area contributed by atoms with E-state index in [2.05, 4.69) is 37.4 Å². The van der Waals surface area contributed by atoms with Crippen LogP contribution in [-0.2, 0) is 4.74 Å². The summed E-state index contributed by atoms with van der Waals surface area (Å²) < 4.78 is 5.58. The molecule has 0 amide bonds. The number of benzene rings is 1. The molecule has 1 heterocycles. The summed E-state index contributed by atoms with van der Waals surface area (Å²) in [4.78, 5) is 0. The molecule has 1 unspecified atom stereocenters. The Morgan fingerprint density at radius 1 is 1.33 bits per heavy atom. The van der Waals surface area contributed by atoms with E-state index in [9.17, 15) is 0 Å². The summed E-state index contributed by atoms with van der Waals surface area (Å²) >= 11 is 0. The van der Waals surface area contributed by atoms with Gasteiger partial charge in [-0.1, -0.05) is 23.8 Å². The van der Waals surface area contributed by atoms with E-state index in [4.69, 9.17) is 4.74 Å². The molecule has 2 nitrogen and oxygen atoms in total. The first-order chi connectivity index (χ1) is 7.27. The monoisotopic (exact) mass is 205 g/mol. The van der Waals surface area contributed by atoms with Crippen LogP contribution in [0.3, 0.4) is 0 Å². The van der Waals surface area contributed by atoms with Gasteiger partial charge in [0.25, 0.3) is 0 Å². The fraction of sp³-hybridized carbons (Fsp3) is 0.538. The van der Waals surface area contributed by atoms with E-state index in [1.54, 1.807) is 0 Å². The highest BCUT2D eigenvalue weighted by Gasteiger charge is 2.15. The lowest BCUT2D eigenvalue weighted by molar-refractivity contribution is 0.141. The number of hydrogen-bond acceptors (Lipinski definition) is 2. The van der Waals surface area contributed by atoms with Crippen molar-refractivity contribution in [2.45, 2.75) is 19.8 Å². The lowest BCUT2D eigenvalue weighted by atomic mass is 9.94. The fourth-order valence-corrected chi connectivity index (χ4v) is 2.19. The number of nitrogens with one attached hydrogen (secondary N) is 1. The van der Waals surface area contributed by atoms with Crippen molar-refractivity contribution in [3.8, 4) is 0 Å². The van der Waals surface area contributed by atoms with Gasteiger partial charge in [0.2, 0.25) is 0 Å². The van der Waals surface area contributed by atoms with Crippen LogP contribution in [0.5, 0.6) is 0 Å². The van der Waals surface area contributed by atoms with Gasteiger partial charge in [-0.25, -0.2) is 0 Å². The normalized spacial score (nSPS) is 22.4. The molecule has 0 radical (unpaired) electrons. The fourth-order valence-electron chi connectivity index (χ4n) is 2.19. The number of hydrogen-bond donors (Lipinski definition) is 1. The first-order valence-corrected chi connectivity index (χ1v) is 5.63. The lowest BCUT2D eigenvalue weighted by Gasteiger charge is -2.17. The maximum absolute atomic E-state index is 5.58. The molecular weight excluding hydrogens is 186 g/mol. The quantitative estimate of drug-likeness (QED) is 0.757. The molecule has 0 aliphatic carbocycles. The molecule has 1 aliphatic heterocycles. The minimum absolute atomic E-state index is 0.507. The molecular formula is C13H19NO. The third-order valence-electron chi connectivity index (χ3n) is 3.00. The molecule has 1 N–H and O–H groups in total. The Bertz CT molecular complexity index is 327. The molecule has 0 spiro atoms. The first-order valence-electron chi connectivity index (χ1n) is 5.63. The van der Waals surface area contributed by atoms with Crippen LogP contribution in [-0.4, -0.2) is 26.3 Å². The van der Waals surface area contributed by atoms with Crippen LogP contribution in [0.2, 0.25) is 0 Å². The van der Waals surface area contributed by atoms with Crippen LogP contribution in [0.4, 0.5) is 0 Å². The maximum Gasteiger partial charge on any atom is 0.0591 e. The Kier molecular flexibility index (Phi) is 3.39. The van der Waals surface area contributed by atoms with Crippen LogP contribution in [0.1, 0.15) is 22.6 Å². The molecule has 0 saturated carbocycles. The van der Waals surface area contributed by atoms with Gasteiger partial charge in [0, 0.05) is 19.0 Å². The molecule has 1 atom stereocenters. The van der Waals surface area contributed by atoms with Gasteiger partial charge in [0.15, 0.2) is 0 Å². The van der Waals surface area contributed by atoms with Gasteiger partial charge in [-0.3, -0.25) is 0 Å². The highest BCUT2D eigenvalue weighted by molar-refractivity contribution is 5.33. The molecule has 2 heteroatoms. The van der Waals surface area contributed by atoms with E-state index < -0.39 is 0 Å². The molecule has 1 aliphatic rings. The second-order valence-corrected chi connectivity index (χ2v) is 4.34. The van der Waals surface area contributed by atoms with E-state index >= 15 is 0 Å². The van der Waals surface area contributed by atoms with E-state index in [-0.39, 0.29) is 0 Å². The van der Waals surface area contributed by atoms with Gasteiger partial charge in [-0.2, -0.15) is 0 Å². The van der Waals surface area contributed by atoms with Crippen molar-refractivity contribution in [1.29, 1.82) is 0 Å². The van der Waals surface area contributed by atoms with Crippen LogP contribution in [0.15, 0.2) is 18.2 Å². The standard InChI is InChI=1S/C13H19NO/c1-10-3-4-13(11(2)7-10)12-8-14-5-6-15-9-12/h3-4,7,12,14H,5-6,8-9H2,1-2H3. The topological polar surface area (TPSA) is 21.3 Å². The van der Waals surface area contributed by atoms with Gasteiger partial charge < -0.3 is 10.1 Å². The third kappa shape index (κ3) is 2.58. The Balaban J connectivity index is 2.19. The summed E-state index contributed by atoms with van der Waals surface area (Å²) in [6, 6.07) is 6.68. The Morgan fingerprint density at radius 2 is 2.20 bits per heavy atom. The van der Waals surface area contributed by atoms with E-state index in [0.717, 1.165) is 26.3 Å². The SMILES string of the molecule is Cc1ccc(C2CNCCOC2)c(C)c1. The van der Waals surface area contributed by atoms with E-state index in [1.165, 1.54) is 16.7 Å². The summed E-state index contributed by atoms with van der Waals surface area (Å²) in [5, 5.41) is 3.41. The van der Waals surface area contributed by atoms with Gasteiger partial charge >= 0.3 is 0 Å². The summed E-state index contributed by atoms with van der Waals surface area (Å²) in [5.41, 5.74) is 4.14. The average molecular weight is 205 g/mol. The Hall–Kier alpha value is -0.860. The number of aryl methyl sites for hydroxylation is 2. The van der Waals surface area contributed by atoms with Crippen molar-refractivity contribution in [1.82, 2.24) is 5.32 Å². The zero-order valence-electron chi connectivity index (χ0n) is 9.55. The minimum Gasteiger partial charge on any atom is -0.379 e. The zero-order valence-corrected chi connectivity index (χ0v) is 9.55. The average Bonchev–Trinajstić information content (AvgIpc) is 2.46. The Morgan fingerprint density at radius 3 is 3.00 bits per heavy atom. The first kappa shape index (κ1) is 10.7.